The van der Waals surface area contributed by atoms with Crippen LogP contribution in [0.5, 0.6) is 0 Å². The molecule has 2 N–H and O–H groups in total. The van der Waals surface area contributed by atoms with Gasteiger partial charge in [0.1, 0.15) is 0 Å². The molecule has 0 aliphatic carbocycles. The van der Waals surface area contributed by atoms with Crippen LogP contribution in [0.2, 0.25) is 0 Å². The van der Waals surface area contributed by atoms with Gasteiger partial charge in [0, 0.05) is 5.41 Å². The van der Waals surface area contributed by atoms with Crippen molar-refractivity contribution in [2.75, 3.05) is 5.73 Å². The lowest BCUT2D eigenvalue weighted by Gasteiger charge is -2.25. The Labute approximate surface area is 121 Å². The minimum Gasteiger partial charge on any atom is -0.381 e. The Balaban J connectivity index is 2.72. The lowest BCUT2D eigenvalue weighted by Crippen LogP contribution is -2.22. The first-order valence-electron chi connectivity index (χ1n) is 6.94. The number of nitrogen functional groups attached to an aromatic ring is 1. The van der Waals surface area contributed by atoms with Gasteiger partial charge in [0.2, 0.25) is 0 Å². The minimum atomic E-state index is -0.113. The topological polar surface area (TPSA) is 56.7 Å². The fourth-order valence-electron chi connectivity index (χ4n) is 2.46. The highest BCUT2D eigenvalue weighted by Gasteiger charge is 2.27. The first-order chi connectivity index (χ1) is 9.12. The predicted octanol–water partition coefficient (Wildman–Crippen LogP) is 3.44. The zero-order chi connectivity index (χ0) is 15.1. The summed E-state index contributed by atoms with van der Waals surface area (Å²) in [5.74, 6) is 0.501. The van der Waals surface area contributed by atoms with E-state index in [0.717, 1.165) is 11.4 Å². The molecule has 0 spiro atoms. The third kappa shape index (κ3) is 2.55. The van der Waals surface area contributed by atoms with Crippen molar-refractivity contribution < 1.29 is 0 Å². The predicted molar refractivity (Wildman–Crippen MR) is 83.2 cm³/mol. The van der Waals surface area contributed by atoms with E-state index >= 15 is 0 Å². The van der Waals surface area contributed by atoms with Gasteiger partial charge in [-0.3, -0.25) is 0 Å². The molecular formula is C16H24N4. The third-order valence-corrected chi connectivity index (χ3v) is 3.35. The number of aromatic nitrogens is 3. The van der Waals surface area contributed by atoms with Crippen LogP contribution in [0, 0.1) is 0 Å². The highest BCUT2D eigenvalue weighted by atomic mass is 15.4. The number of nitrogens with zero attached hydrogens (tertiary/aromatic N) is 3. The molecule has 0 saturated heterocycles. The standard InChI is InChI=1S/C16H24N4/c1-15(2,3)11-9-7-8-10-12(11)20-13(16(4,5)6)14(17)18-19-20/h7-10H,17H2,1-6H3. The zero-order valence-corrected chi connectivity index (χ0v) is 13.2. The highest BCUT2D eigenvalue weighted by Crippen LogP contribution is 2.33. The maximum atomic E-state index is 6.03. The van der Waals surface area contributed by atoms with E-state index in [1.807, 2.05) is 10.7 Å². The quantitative estimate of drug-likeness (QED) is 0.865. The lowest BCUT2D eigenvalue weighted by atomic mass is 9.85. The molecule has 0 radical (unpaired) electrons. The summed E-state index contributed by atoms with van der Waals surface area (Å²) < 4.78 is 1.88. The number of benzene rings is 1. The first kappa shape index (κ1) is 14.6. The Morgan fingerprint density at radius 2 is 1.55 bits per heavy atom. The van der Waals surface area contributed by atoms with Crippen molar-refractivity contribution >= 4 is 5.82 Å². The van der Waals surface area contributed by atoms with Crippen LogP contribution in [0.4, 0.5) is 5.82 Å². The van der Waals surface area contributed by atoms with Crippen LogP contribution in [-0.2, 0) is 10.8 Å². The molecule has 0 bridgehead atoms. The van der Waals surface area contributed by atoms with Crippen LogP contribution < -0.4 is 5.73 Å². The molecule has 0 aliphatic heterocycles. The summed E-state index contributed by atoms with van der Waals surface area (Å²) in [4.78, 5) is 0. The molecular weight excluding hydrogens is 248 g/mol. The molecule has 108 valence electrons. The summed E-state index contributed by atoms with van der Waals surface area (Å²) in [7, 11) is 0. The maximum absolute atomic E-state index is 6.03. The molecule has 1 aromatic heterocycles. The Morgan fingerprint density at radius 1 is 0.950 bits per heavy atom. The van der Waals surface area contributed by atoms with Gasteiger partial charge < -0.3 is 5.73 Å². The number of anilines is 1. The number of nitrogens with two attached hydrogens (primary N) is 1. The number of hydrogen-bond donors (Lipinski definition) is 1. The van der Waals surface area contributed by atoms with Crippen molar-refractivity contribution in [2.24, 2.45) is 0 Å². The fraction of sp³-hybridized carbons (Fsp3) is 0.500. The molecule has 4 nitrogen and oxygen atoms in total. The number of para-hydroxylation sites is 1. The van der Waals surface area contributed by atoms with Gasteiger partial charge in [-0.2, -0.15) is 0 Å². The van der Waals surface area contributed by atoms with Gasteiger partial charge in [0.05, 0.1) is 11.4 Å². The molecule has 0 atom stereocenters. The molecule has 0 aliphatic rings. The molecule has 0 saturated carbocycles. The summed E-state index contributed by atoms with van der Waals surface area (Å²) >= 11 is 0. The number of hydrogen-bond acceptors (Lipinski definition) is 3. The maximum Gasteiger partial charge on any atom is 0.170 e. The van der Waals surface area contributed by atoms with E-state index in [1.165, 1.54) is 5.56 Å². The molecule has 0 unspecified atom stereocenters. The molecule has 20 heavy (non-hydrogen) atoms. The molecule has 4 heteroatoms. The second-order valence-electron chi connectivity index (χ2n) is 7.25. The van der Waals surface area contributed by atoms with E-state index in [9.17, 15) is 0 Å². The van der Waals surface area contributed by atoms with Crippen molar-refractivity contribution in [1.29, 1.82) is 0 Å². The summed E-state index contributed by atoms with van der Waals surface area (Å²) in [6, 6.07) is 8.29. The minimum absolute atomic E-state index is 0.0342. The molecule has 2 rings (SSSR count). The molecule has 2 aromatic rings. The van der Waals surface area contributed by atoms with Crippen LogP contribution >= 0.6 is 0 Å². The van der Waals surface area contributed by atoms with Crippen molar-refractivity contribution in [3.05, 3.63) is 35.5 Å². The second kappa shape index (κ2) is 4.62. The van der Waals surface area contributed by atoms with Crippen molar-refractivity contribution in [1.82, 2.24) is 15.0 Å². The fourth-order valence-corrected chi connectivity index (χ4v) is 2.46. The molecule has 1 aromatic carbocycles. The summed E-state index contributed by atoms with van der Waals surface area (Å²) in [5.41, 5.74) is 9.19. The number of rotatable bonds is 1. The van der Waals surface area contributed by atoms with Crippen molar-refractivity contribution in [3.63, 3.8) is 0 Å². The monoisotopic (exact) mass is 272 g/mol. The van der Waals surface area contributed by atoms with E-state index in [2.05, 4.69) is 70.1 Å². The second-order valence-corrected chi connectivity index (χ2v) is 7.25. The average Bonchev–Trinajstić information content (AvgIpc) is 2.69. The van der Waals surface area contributed by atoms with Gasteiger partial charge in [0.25, 0.3) is 0 Å². The van der Waals surface area contributed by atoms with Crippen LogP contribution in [0.15, 0.2) is 24.3 Å². The van der Waals surface area contributed by atoms with Crippen molar-refractivity contribution in [3.8, 4) is 5.69 Å². The largest absolute Gasteiger partial charge is 0.381 e. The Morgan fingerprint density at radius 3 is 2.10 bits per heavy atom. The zero-order valence-electron chi connectivity index (χ0n) is 13.2. The van der Waals surface area contributed by atoms with Gasteiger partial charge in [-0.05, 0) is 17.0 Å². The van der Waals surface area contributed by atoms with Gasteiger partial charge in [-0.25, -0.2) is 4.68 Å². The van der Waals surface area contributed by atoms with Gasteiger partial charge >= 0.3 is 0 Å². The lowest BCUT2D eigenvalue weighted by molar-refractivity contribution is 0.534. The summed E-state index contributed by atoms with van der Waals surface area (Å²) in [6.45, 7) is 13.0. The Bertz CT molecular complexity index is 612. The summed E-state index contributed by atoms with van der Waals surface area (Å²) in [5, 5.41) is 8.34. The molecule has 0 amide bonds. The van der Waals surface area contributed by atoms with E-state index in [0.29, 0.717) is 5.82 Å². The van der Waals surface area contributed by atoms with E-state index < -0.39 is 0 Å². The van der Waals surface area contributed by atoms with Gasteiger partial charge in [-0.15, -0.1) is 5.10 Å². The first-order valence-corrected chi connectivity index (χ1v) is 6.94. The molecule has 0 fully saturated rings. The smallest absolute Gasteiger partial charge is 0.170 e. The SMILES string of the molecule is CC(C)(C)c1ccccc1-n1nnc(N)c1C(C)(C)C. The highest BCUT2D eigenvalue weighted by molar-refractivity contribution is 5.49. The van der Waals surface area contributed by atoms with Crippen LogP contribution in [-0.4, -0.2) is 15.0 Å². The van der Waals surface area contributed by atoms with Gasteiger partial charge in [0.15, 0.2) is 5.82 Å². The molecule has 1 heterocycles. The third-order valence-electron chi connectivity index (χ3n) is 3.35. The van der Waals surface area contributed by atoms with E-state index in [4.69, 9.17) is 5.73 Å². The van der Waals surface area contributed by atoms with Crippen molar-refractivity contribution in [2.45, 2.75) is 52.4 Å². The average molecular weight is 272 g/mol. The van der Waals surface area contributed by atoms with E-state index in [1.54, 1.807) is 0 Å². The normalized spacial score (nSPS) is 12.7. The Hall–Kier alpha value is -1.84. The van der Waals surface area contributed by atoms with Crippen LogP contribution in [0.1, 0.15) is 52.8 Å². The summed E-state index contributed by atoms with van der Waals surface area (Å²) in [6.07, 6.45) is 0. The van der Waals surface area contributed by atoms with Gasteiger partial charge in [-0.1, -0.05) is 65.0 Å². The Kier molecular flexibility index (Phi) is 3.36. The van der Waals surface area contributed by atoms with E-state index in [-0.39, 0.29) is 10.8 Å². The van der Waals surface area contributed by atoms with Crippen LogP contribution in [0.25, 0.3) is 5.69 Å². The van der Waals surface area contributed by atoms with Crippen LogP contribution in [0.3, 0.4) is 0 Å².